The molecule has 5 nitrogen and oxygen atoms in total. The number of carbonyl (C=O) groups excluding carboxylic acids is 1. The van der Waals surface area contributed by atoms with Crippen LogP contribution in [0.5, 0.6) is 0 Å². The number of aromatic nitrogens is 1. The van der Waals surface area contributed by atoms with Crippen LogP contribution in [0.3, 0.4) is 0 Å². The van der Waals surface area contributed by atoms with Gasteiger partial charge in [0.2, 0.25) is 0 Å². The van der Waals surface area contributed by atoms with E-state index in [4.69, 9.17) is 9.47 Å². The minimum absolute atomic E-state index is 0.0664. The highest BCUT2D eigenvalue weighted by atomic mass is 79.9. The Hall–Kier alpha value is -2.20. The predicted octanol–water partition coefficient (Wildman–Crippen LogP) is 7.05. The second-order valence-corrected chi connectivity index (χ2v) is 10.6. The van der Waals surface area contributed by atoms with E-state index in [9.17, 15) is 22.4 Å². The molecule has 0 spiro atoms. The fraction of sp³-hybridized carbons (Fsp3) is 0.520. The lowest BCUT2D eigenvalue weighted by atomic mass is 9.73. The van der Waals surface area contributed by atoms with Gasteiger partial charge in [-0.15, -0.1) is 0 Å². The maximum absolute atomic E-state index is 13.6. The van der Waals surface area contributed by atoms with E-state index in [0.717, 1.165) is 17.7 Å². The molecule has 0 radical (unpaired) electrons. The molecule has 1 aromatic carbocycles. The second kappa shape index (κ2) is 10.4. The van der Waals surface area contributed by atoms with Crippen molar-refractivity contribution in [3.63, 3.8) is 0 Å². The lowest BCUT2D eigenvalue weighted by molar-refractivity contribution is -0.137. The molecular weight excluding hydrogens is 532 g/mol. The van der Waals surface area contributed by atoms with E-state index >= 15 is 0 Å². The van der Waals surface area contributed by atoms with Crippen LogP contribution in [0.4, 0.5) is 22.4 Å². The van der Waals surface area contributed by atoms with Crippen molar-refractivity contribution in [2.75, 3.05) is 19.7 Å². The average Bonchev–Trinajstić information content (AvgIpc) is 2.76. The Bertz CT molecular complexity index is 1030. The van der Waals surface area contributed by atoms with Gasteiger partial charge in [-0.2, -0.15) is 13.2 Å². The molecule has 1 amide bonds. The van der Waals surface area contributed by atoms with E-state index in [2.05, 4.69) is 20.9 Å². The van der Waals surface area contributed by atoms with Crippen molar-refractivity contribution in [2.24, 2.45) is 0 Å². The normalized spacial score (nSPS) is 17.2. The summed E-state index contributed by atoms with van der Waals surface area (Å²) in [5, 5.41) is 0. The van der Waals surface area contributed by atoms with Crippen LogP contribution in [0.15, 0.2) is 41.0 Å². The lowest BCUT2D eigenvalue weighted by Gasteiger charge is -2.42. The smallest absolute Gasteiger partial charge is 0.416 e. The van der Waals surface area contributed by atoms with Gasteiger partial charge in [0, 0.05) is 18.5 Å². The largest absolute Gasteiger partial charge is 0.444 e. The van der Waals surface area contributed by atoms with Gasteiger partial charge in [-0.1, -0.05) is 12.1 Å². The molecule has 3 rings (SSSR count). The van der Waals surface area contributed by atoms with Gasteiger partial charge < -0.3 is 14.4 Å². The zero-order chi connectivity index (χ0) is 26.0. The number of alkyl halides is 3. The molecule has 1 fully saturated rings. The molecule has 0 aliphatic carbocycles. The molecule has 2 aromatic rings. The van der Waals surface area contributed by atoms with E-state index in [1.807, 2.05) is 0 Å². The van der Waals surface area contributed by atoms with E-state index in [-0.39, 0.29) is 22.7 Å². The summed E-state index contributed by atoms with van der Waals surface area (Å²) in [4.78, 5) is 18.3. The summed E-state index contributed by atoms with van der Waals surface area (Å²) < 4.78 is 65.0. The van der Waals surface area contributed by atoms with Gasteiger partial charge in [0.25, 0.3) is 0 Å². The first kappa shape index (κ1) is 27.4. The molecular formula is C25H29BrF4N2O3. The highest BCUT2D eigenvalue weighted by molar-refractivity contribution is 9.10. The molecule has 35 heavy (non-hydrogen) atoms. The number of carbonyl (C=O) groups is 1. The first-order valence-corrected chi connectivity index (χ1v) is 12.1. The van der Waals surface area contributed by atoms with Crippen molar-refractivity contribution in [3.8, 4) is 0 Å². The number of rotatable bonds is 5. The Morgan fingerprint density at radius 3 is 2.29 bits per heavy atom. The predicted molar refractivity (Wildman–Crippen MR) is 126 cm³/mol. The van der Waals surface area contributed by atoms with E-state index < -0.39 is 35.0 Å². The van der Waals surface area contributed by atoms with Crippen LogP contribution in [-0.2, 0) is 21.1 Å². The van der Waals surface area contributed by atoms with Crippen LogP contribution >= 0.6 is 15.9 Å². The van der Waals surface area contributed by atoms with Crippen LogP contribution in [0.25, 0.3) is 0 Å². The summed E-state index contributed by atoms with van der Waals surface area (Å²) in [5.41, 5.74) is -1.00. The molecule has 0 bridgehead atoms. The SMILES string of the molecule is CC(OCC1(c2ccc(F)cc2)CCN(C(=O)OC(C)(C)C)CC1)c1cc(C(F)(F)F)cc(Br)n1. The minimum Gasteiger partial charge on any atom is -0.444 e. The average molecular weight is 561 g/mol. The Morgan fingerprint density at radius 2 is 1.74 bits per heavy atom. The van der Waals surface area contributed by atoms with E-state index in [0.29, 0.717) is 25.9 Å². The third kappa shape index (κ3) is 7.16. The second-order valence-electron chi connectivity index (χ2n) is 9.81. The van der Waals surface area contributed by atoms with E-state index in [1.54, 1.807) is 44.7 Å². The first-order chi connectivity index (χ1) is 16.2. The number of ether oxygens (including phenoxy) is 2. The molecule has 1 aliphatic heterocycles. The van der Waals surface area contributed by atoms with Crippen molar-refractivity contribution < 1.29 is 31.8 Å². The third-order valence-corrected chi connectivity index (χ3v) is 6.40. The number of pyridine rings is 1. The van der Waals surface area contributed by atoms with Gasteiger partial charge in [0.15, 0.2) is 0 Å². The summed E-state index contributed by atoms with van der Waals surface area (Å²) in [5.74, 6) is -0.373. The van der Waals surface area contributed by atoms with Gasteiger partial charge in [0.05, 0.1) is 24.0 Å². The molecule has 1 atom stereocenters. The lowest BCUT2D eigenvalue weighted by Crippen LogP contribution is -2.48. The molecule has 1 saturated heterocycles. The van der Waals surface area contributed by atoms with E-state index in [1.165, 1.54) is 12.1 Å². The Kier molecular flexibility index (Phi) is 8.16. The van der Waals surface area contributed by atoms with Crippen LogP contribution < -0.4 is 0 Å². The van der Waals surface area contributed by atoms with Crippen LogP contribution in [0.2, 0.25) is 0 Å². The Morgan fingerprint density at radius 1 is 1.14 bits per heavy atom. The molecule has 2 heterocycles. The van der Waals surface area contributed by atoms with Gasteiger partial charge in [-0.05, 0) is 86.3 Å². The van der Waals surface area contributed by atoms with Crippen LogP contribution in [-0.4, -0.2) is 41.3 Å². The van der Waals surface area contributed by atoms with Gasteiger partial charge >= 0.3 is 12.3 Å². The van der Waals surface area contributed by atoms with Crippen molar-refractivity contribution in [2.45, 2.75) is 63.8 Å². The molecule has 0 N–H and O–H groups in total. The summed E-state index contributed by atoms with van der Waals surface area (Å²) in [6.07, 6.45) is -4.61. The number of hydrogen-bond acceptors (Lipinski definition) is 4. The van der Waals surface area contributed by atoms with Gasteiger partial charge in [-0.3, -0.25) is 0 Å². The summed E-state index contributed by atoms with van der Waals surface area (Å²) in [6.45, 7) is 8.00. The topological polar surface area (TPSA) is 51.7 Å². The number of hydrogen-bond donors (Lipinski definition) is 0. The molecule has 0 saturated carbocycles. The third-order valence-electron chi connectivity index (χ3n) is 6.00. The van der Waals surface area contributed by atoms with Gasteiger partial charge in [-0.25, -0.2) is 14.2 Å². The monoisotopic (exact) mass is 560 g/mol. The zero-order valence-electron chi connectivity index (χ0n) is 20.1. The Balaban J connectivity index is 1.79. The van der Waals surface area contributed by atoms with Crippen LogP contribution in [0.1, 0.15) is 63.5 Å². The zero-order valence-corrected chi connectivity index (χ0v) is 21.7. The number of likely N-dealkylation sites (tertiary alicyclic amines) is 1. The number of benzene rings is 1. The molecule has 10 heteroatoms. The van der Waals surface area contributed by atoms with Crippen molar-refractivity contribution >= 4 is 22.0 Å². The van der Waals surface area contributed by atoms with Crippen molar-refractivity contribution in [3.05, 3.63) is 63.6 Å². The van der Waals surface area contributed by atoms with Crippen molar-refractivity contribution in [1.29, 1.82) is 0 Å². The first-order valence-electron chi connectivity index (χ1n) is 11.3. The molecule has 1 aromatic heterocycles. The summed E-state index contributed by atoms with van der Waals surface area (Å²) >= 11 is 3.04. The minimum atomic E-state index is -4.51. The number of nitrogens with zero attached hydrogens (tertiary/aromatic N) is 2. The summed E-state index contributed by atoms with van der Waals surface area (Å²) in [7, 11) is 0. The Labute approximate surface area is 210 Å². The standard InChI is InChI=1S/C25H29BrF4N2O3/c1-16(20-13-18(25(28,29)30)14-21(26)31-20)34-15-24(17-5-7-19(27)8-6-17)9-11-32(12-10-24)22(33)35-23(2,3)4/h5-8,13-14,16H,9-12,15H2,1-4H3. The maximum atomic E-state index is 13.6. The molecule has 1 unspecified atom stereocenters. The number of amides is 1. The fourth-order valence-corrected chi connectivity index (χ4v) is 4.47. The molecule has 192 valence electrons. The highest BCUT2D eigenvalue weighted by Crippen LogP contribution is 2.38. The maximum Gasteiger partial charge on any atom is 0.416 e. The quantitative estimate of drug-likeness (QED) is 0.290. The highest BCUT2D eigenvalue weighted by Gasteiger charge is 2.39. The summed E-state index contributed by atoms with van der Waals surface area (Å²) in [6, 6.07) is 8.00. The fourth-order valence-electron chi connectivity index (χ4n) is 4.02. The van der Waals surface area contributed by atoms with Gasteiger partial charge in [0.1, 0.15) is 16.0 Å². The number of halogens is 5. The number of piperidine rings is 1. The molecule has 1 aliphatic rings. The van der Waals surface area contributed by atoms with Crippen LogP contribution in [0, 0.1) is 5.82 Å². The van der Waals surface area contributed by atoms with Crippen molar-refractivity contribution in [1.82, 2.24) is 9.88 Å².